The number of nitrogens with zero attached hydrogens (tertiary/aromatic N) is 3. The molecule has 1 aliphatic rings. The molecule has 3 rings (SSSR count). The number of rotatable bonds is 6. The second-order valence-corrected chi connectivity index (χ2v) is 10.3. The van der Waals surface area contributed by atoms with Gasteiger partial charge in [0.1, 0.15) is 0 Å². The van der Waals surface area contributed by atoms with E-state index in [1.54, 1.807) is 12.1 Å². The van der Waals surface area contributed by atoms with Crippen LogP contribution in [-0.4, -0.2) is 40.2 Å². The Kier molecular flexibility index (Phi) is 5.80. The molecule has 2 aromatic carbocycles. The highest BCUT2D eigenvalue weighted by Crippen LogP contribution is 2.34. The Morgan fingerprint density at radius 1 is 1.21 bits per heavy atom. The number of benzene rings is 2. The molecule has 1 atom stereocenters. The first kappa shape index (κ1) is 21.0. The molecule has 0 saturated heterocycles. The van der Waals surface area contributed by atoms with E-state index in [4.69, 9.17) is 0 Å². The van der Waals surface area contributed by atoms with E-state index in [1.165, 1.54) is 0 Å². The molecule has 6 nitrogen and oxygen atoms in total. The van der Waals surface area contributed by atoms with E-state index >= 15 is 0 Å². The Labute approximate surface area is 173 Å². The second-order valence-electron chi connectivity index (χ2n) is 7.62. The van der Waals surface area contributed by atoms with Crippen molar-refractivity contribution in [2.75, 3.05) is 18.9 Å². The summed E-state index contributed by atoms with van der Waals surface area (Å²) in [6.07, 6.45) is 1.83. The molecule has 0 saturated carbocycles. The van der Waals surface area contributed by atoms with Gasteiger partial charge in [-0.15, -0.1) is 0 Å². The molecule has 7 heteroatoms. The molecule has 0 fully saturated rings. The lowest BCUT2D eigenvalue weighted by atomic mass is 10.1. The summed E-state index contributed by atoms with van der Waals surface area (Å²) >= 11 is 0. The molecular weight excluding hydrogens is 384 g/mol. The van der Waals surface area contributed by atoms with Crippen LogP contribution in [0.1, 0.15) is 42.3 Å². The number of carbonyl (C=O) groups is 1. The summed E-state index contributed by atoms with van der Waals surface area (Å²) < 4.78 is 17.0. The SMILES string of the molecule is CCN(C)C=Nc1cc(C)c(Nc2ccc3c(c2)C(=O)N=S3(=O)C(C)C)cc1C. The van der Waals surface area contributed by atoms with E-state index < -0.39 is 15.6 Å². The molecule has 0 spiro atoms. The Morgan fingerprint density at radius 3 is 2.59 bits per heavy atom. The average molecular weight is 413 g/mol. The standard InChI is InChI=1S/C22H28N4O2S/c1-7-26(6)13-23-19-10-16(5)20(11-15(19)4)24-17-8-9-21-18(12-17)22(27)25-29(21,28)14(2)3/h8-14,24H,7H2,1-6H3. The van der Waals surface area contributed by atoms with Crippen molar-refractivity contribution in [1.29, 1.82) is 0 Å². The Bertz CT molecular complexity index is 1110. The first-order valence-corrected chi connectivity index (χ1v) is 11.3. The van der Waals surface area contributed by atoms with Crippen LogP contribution < -0.4 is 5.32 Å². The molecule has 0 bridgehead atoms. The third-order valence-corrected chi connectivity index (χ3v) is 7.80. The summed E-state index contributed by atoms with van der Waals surface area (Å²) in [5, 5.41) is 3.16. The van der Waals surface area contributed by atoms with Crippen molar-refractivity contribution in [3.8, 4) is 0 Å². The van der Waals surface area contributed by atoms with E-state index in [0.717, 1.165) is 34.7 Å². The Morgan fingerprint density at radius 2 is 1.93 bits per heavy atom. The molecule has 29 heavy (non-hydrogen) atoms. The van der Waals surface area contributed by atoms with Crippen LogP contribution in [0.2, 0.25) is 0 Å². The normalized spacial score (nSPS) is 18.2. The van der Waals surface area contributed by atoms with Gasteiger partial charge in [0.25, 0.3) is 5.91 Å². The molecule has 1 heterocycles. The summed E-state index contributed by atoms with van der Waals surface area (Å²) in [4.78, 5) is 19.4. The summed E-state index contributed by atoms with van der Waals surface area (Å²) in [5.41, 5.74) is 5.15. The number of anilines is 2. The Balaban J connectivity index is 1.90. The van der Waals surface area contributed by atoms with Gasteiger partial charge >= 0.3 is 0 Å². The fourth-order valence-electron chi connectivity index (χ4n) is 3.08. The summed E-state index contributed by atoms with van der Waals surface area (Å²) in [6.45, 7) is 10.7. The molecule has 0 aliphatic carbocycles. The quantitative estimate of drug-likeness (QED) is 0.532. The molecule has 0 aromatic heterocycles. The first-order valence-electron chi connectivity index (χ1n) is 9.72. The number of carbonyl (C=O) groups excluding carboxylic acids is 1. The fraction of sp³-hybridized carbons (Fsp3) is 0.364. The van der Waals surface area contributed by atoms with Crippen LogP contribution in [0.5, 0.6) is 0 Å². The van der Waals surface area contributed by atoms with Gasteiger partial charge < -0.3 is 10.2 Å². The number of hydrogen-bond acceptors (Lipinski definition) is 4. The molecule has 2 aromatic rings. The third kappa shape index (κ3) is 4.05. The van der Waals surface area contributed by atoms with E-state index in [9.17, 15) is 9.00 Å². The van der Waals surface area contributed by atoms with Crippen LogP contribution in [0.4, 0.5) is 17.1 Å². The highest BCUT2D eigenvalue weighted by molar-refractivity contribution is 7.95. The van der Waals surface area contributed by atoms with Crippen LogP contribution in [0.15, 0.2) is 44.6 Å². The molecule has 1 aliphatic heterocycles. The minimum absolute atomic E-state index is 0.212. The van der Waals surface area contributed by atoms with Gasteiger partial charge in [-0.25, -0.2) is 9.20 Å². The maximum atomic E-state index is 13.0. The first-order chi connectivity index (χ1) is 13.7. The highest BCUT2D eigenvalue weighted by Gasteiger charge is 2.31. The van der Waals surface area contributed by atoms with Crippen molar-refractivity contribution in [2.24, 2.45) is 9.36 Å². The van der Waals surface area contributed by atoms with Gasteiger partial charge in [0.05, 0.1) is 32.2 Å². The van der Waals surface area contributed by atoms with Crippen molar-refractivity contribution in [2.45, 2.75) is 44.8 Å². The smallest absolute Gasteiger partial charge is 0.286 e. The summed E-state index contributed by atoms with van der Waals surface area (Å²) in [5.74, 6) is -0.403. The van der Waals surface area contributed by atoms with Gasteiger partial charge in [-0.1, -0.05) is 0 Å². The summed E-state index contributed by atoms with van der Waals surface area (Å²) in [7, 11) is -0.690. The predicted octanol–water partition coefficient (Wildman–Crippen LogP) is 5.05. The fourth-order valence-corrected chi connectivity index (χ4v) is 4.97. The number of fused-ring (bicyclic) bond motifs is 1. The van der Waals surface area contributed by atoms with E-state index in [1.807, 2.05) is 64.2 Å². The topological polar surface area (TPSA) is 74.1 Å². The zero-order valence-corrected chi connectivity index (χ0v) is 18.6. The van der Waals surface area contributed by atoms with Crippen molar-refractivity contribution >= 4 is 39.0 Å². The van der Waals surface area contributed by atoms with Crippen LogP contribution in [0.25, 0.3) is 0 Å². The maximum absolute atomic E-state index is 13.0. The van der Waals surface area contributed by atoms with Crippen molar-refractivity contribution in [3.63, 3.8) is 0 Å². The minimum Gasteiger partial charge on any atom is -0.366 e. The van der Waals surface area contributed by atoms with Crippen LogP contribution in [-0.2, 0) is 9.73 Å². The van der Waals surface area contributed by atoms with Gasteiger partial charge in [0.2, 0.25) is 0 Å². The van der Waals surface area contributed by atoms with Gasteiger partial charge in [-0.05, 0) is 76.1 Å². The molecular formula is C22H28N4O2S. The van der Waals surface area contributed by atoms with Gasteiger partial charge in [-0.3, -0.25) is 4.79 Å². The van der Waals surface area contributed by atoms with Gasteiger partial charge in [-0.2, -0.15) is 4.36 Å². The van der Waals surface area contributed by atoms with E-state index in [2.05, 4.69) is 21.6 Å². The van der Waals surface area contributed by atoms with E-state index in [0.29, 0.717) is 10.5 Å². The highest BCUT2D eigenvalue weighted by atomic mass is 32.2. The van der Waals surface area contributed by atoms with Gasteiger partial charge in [0, 0.05) is 30.2 Å². The number of nitrogens with one attached hydrogen (secondary N) is 1. The lowest BCUT2D eigenvalue weighted by molar-refractivity contribution is 0.101. The lowest BCUT2D eigenvalue weighted by Crippen LogP contribution is -2.14. The molecule has 1 unspecified atom stereocenters. The van der Waals surface area contributed by atoms with Gasteiger partial charge in [0.15, 0.2) is 0 Å². The monoisotopic (exact) mass is 412 g/mol. The maximum Gasteiger partial charge on any atom is 0.286 e. The van der Waals surface area contributed by atoms with Crippen molar-refractivity contribution in [1.82, 2.24) is 4.90 Å². The lowest BCUT2D eigenvalue weighted by Gasteiger charge is -2.15. The zero-order valence-electron chi connectivity index (χ0n) is 17.8. The molecule has 154 valence electrons. The summed E-state index contributed by atoms with van der Waals surface area (Å²) in [6, 6.07) is 9.44. The zero-order chi connectivity index (χ0) is 21.3. The molecule has 0 radical (unpaired) electrons. The minimum atomic E-state index is -2.68. The molecule has 1 amide bonds. The van der Waals surface area contributed by atoms with Crippen molar-refractivity contribution in [3.05, 3.63) is 47.0 Å². The number of amides is 1. The van der Waals surface area contributed by atoms with Crippen LogP contribution in [0, 0.1) is 13.8 Å². The largest absolute Gasteiger partial charge is 0.366 e. The predicted molar refractivity (Wildman–Crippen MR) is 120 cm³/mol. The number of aryl methyl sites for hydroxylation is 2. The van der Waals surface area contributed by atoms with E-state index in [-0.39, 0.29) is 5.25 Å². The van der Waals surface area contributed by atoms with Crippen LogP contribution in [0.3, 0.4) is 0 Å². The van der Waals surface area contributed by atoms with Crippen molar-refractivity contribution < 1.29 is 9.00 Å². The third-order valence-electron chi connectivity index (χ3n) is 5.10. The molecule has 1 N–H and O–H groups in total. The second kappa shape index (κ2) is 7.99. The Hall–Kier alpha value is -2.67. The average Bonchev–Trinajstić information content (AvgIpc) is 2.94. The number of aliphatic imine (C=N–C) groups is 1. The van der Waals surface area contributed by atoms with Crippen LogP contribution >= 0.6 is 0 Å². The number of hydrogen-bond donors (Lipinski definition) is 1.